The van der Waals surface area contributed by atoms with Crippen molar-refractivity contribution in [2.24, 2.45) is 0 Å². The first-order valence-corrected chi connectivity index (χ1v) is 6.71. The average Bonchev–Trinajstić information content (AvgIpc) is 2.44. The number of hydrogen-bond acceptors (Lipinski definition) is 2. The highest BCUT2D eigenvalue weighted by Crippen LogP contribution is 2.32. The van der Waals surface area contributed by atoms with Crippen molar-refractivity contribution in [2.45, 2.75) is 13.0 Å². The fourth-order valence-electron chi connectivity index (χ4n) is 2.27. The van der Waals surface area contributed by atoms with E-state index < -0.39 is 0 Å². The molecule has 0 fully saturated rings. The Morgan fingerprint density at radius 3 is 2.55 bits per heavy atom. The average molecular weight is 294 g/mol. The van der Waals surface area contributed by atoms with E-state index in [-0.39, 0.29) is 11.9 Å². The van der Waals surface area contributed by atoms with E-state index in [2.05, 4.69) is 5.32 Å². The number of nitrogens with one attached hydrogen (secondary N) is 1. The van der Waals surface area contributed by atoms with Crippen molar-refractivity contribution in [2.75, 3.05) is 14.2 Å². The Hall–Kier alpha value is -1.58. The predicted molar refractivity (Wildman–Crippen MR) is 80.0 cm³/mol. The van der Waals surface area contributed by atoms with Crippen molar-refractivity contribution in [3.8, 4) is 5.75 Å². The Kier molecular flexibility index (Phi) is 4.63. The third kappa shape index (κ3) is 2.94. The summed E-state index contributed by atoms with van der Waals surface area (Å²) >= 11 is 5.99. The monoisotopic (exact) mass is 293 g/mol. The lowest BCUT2D eigenvalue weighted by Gasteiger charge is -2.20. The maximum absolute atomic E-state index is 13.4. The lowest BCUT2D eigenvalue weighted by molar-refractivity contribution is 0.405. The van der Waals surface area contributed by atoms with Gasteiger partial charge in [-0.25, -0.2) is 4.39 Å². The molecule has 0 radical (unpaired) electrons. The minimum atomic E-state index is -0.202. The van der Waals surface area contributed by atoms with Gasteiger partial charge in [0, 0.05) is 10.6 Å². The van der Waals surface area contributed by atoms with Crippen LogP contribution in [0.25, 0.3) is 0 Å². The molecule has 0 saturated carbocycles. The summed E-state index contributed by atoms with van der Waals surface area (Å²) in [5.74, 6) is 0.505. The smallest absolute Gasteiger partial charge is 0.126 e. The van der Waals surface area contributed by atoms with Gasteiger partial charge in [0.1, 0.15) is 11.6 Å². The zero-order chi connectivity index (χ0) is 14.7. The van der Waals surface area contributed by atoms with Crippen LogP contribution in [0.15, 0.2) is 36.4 Å². The molecule has 0 aliphatic carbocycles. The van der Waals surface area contributed by atoms with E-state index >= 15 is 0 Å². The molecule has 2 nitrogen and oxygen atoms in total. The lowest BCUT2D eigenvalue weighted by Crippen LogP contribution is -2.18. The Morgan fingerprint density at radius 1 is 1.20 bits per heavy atom. The van der Waals surface area contributed by atoms with Gasteiger partial charge in [-0.15, -0.1) is 0 Å². The number of hydrogen-bond donors (Lipinski definition) is 1. The van der Waals surface area contributed by atoms with Crippen LogP contribution in [0.3, 0.4) is 0 Å². The molecule has 0 aliphatic rings. The normalized spacial score (nSPS) is 12.2. The summed E-state index contributed by atoms with van der Waals surface area (Å²) in [6.45, 7) is 1.75. The number of ether oxygens (including phenoxy) is 1. The summed E-state index contributed by atoms with van der Waals surface area (Å²) in [5.41, 5.74) is 2.56. The van der Waals surface area contributed by atoms with E-state index in [4.69, 9.17) is 16.3 Å². The molecule has 1 unspecified atom stereocenters. The number of halogens is 2. The number of benzene rings is 2. The first-order valence-electron chi connectivity index (χ1n) is 6.33. The van der Waals surface area contributed by atoms with Crippen LogP contribution < -0.4 is 10.1 Å². The predicted octanol–water partition coefficient (Wildman–Crippen LogP) is 4.10. The van der Waals surface area contributed by atoms with E-state index in [1.807, 2.05) is 25.2 Å². The second kappa shape index (κ2) is 6.25. The van der Waals surface area contributed by atoms with Gasteiger partial charge in [0.15, 0.2) is 0 Å². The molecule has 0 amide bonds. The van der Waals surface area contributed by atoms with Crippen LogP contribution >= 0.6 is 11.6 Å². The van der Waals surface area contributed by atoms with Crippen LogP contribution in [0.2, 0.25) is 5.02 Å². The molecule has 4 heteroatoms. The summed E-state index contributed by atoms with van der Waals surface area (Å²) in [6.07, 6.45) is 0. The van der Waals surface area contributed by atoms with E-state index in [1.165, 1.54) is 6.07 Å². The van der Waals surface area contributed by atoms with Gasteiger partial charge in [-0.2, -0.15) is 0 Å². The molecular formula is C16H17ClFNO. The van der Waals surface area contributed by atoms with Crippen molar-refractivity contribution in [3.05, 3.63) is 63.9 Å². The molecule has 0 aliphatic heterocycles. The fraction of sp³-hybridized carbons (Fsp3) is 0.250. The van der Waals surface area contributed by atoms with Gasteiger partial charge in [0.25, 0.3) is 0 Å². The highest BCUT2D eigenvalue weighted by molar-refractivity contribution is 6.30. The highest BCUT2D eigenvalue weighted by Gasteiger charge is 2.17. The molecule has 0 saturated heterocycles. The molecule has 0 heterocycles. The zero-order valence-corrected chi connectivity index (χ0v) is 12.5. The number of methoxy groups -OCH3 is 1. The largest absolute Gasteiger partial charge is 0.496 e. The molecule has 2 rings (SSSR count). The Morgan fingerprint density at radius 2 is 1.95 bits per heavy atom. The van der Waals surface area contributed by atoms with Crippen molar-refractivity contribution in [3.63, 3.8) is 0 Å². The molecule has 1 N–H and O–H groups in total. The topological polar surface area (TPSA) is 21.3 Å². The maximum atomic E-state index is 13.4. The van der Waals surface area contributed by atoms with E-state index in [0.29, 0.717) is 16.3 Å². The first kappa shape index (κ1) is 14.8. The van der Waals surface area contributed by atoms with Gasteiger partial charge in [0.05, 0.1) is 13.2 Å². The standard InChI is InChI=1S/C16H17ClFNO/c1-10-8-11(4-7-14(10)18)16(19-2)13-6-5-12(17)9-15(13)20-3/h4-9,16,19H,1-3H3. The molecule has 20 heavy (non-hydrogen) atoms. The Bertz CT molecular complexity index is 615. The van der Waals surface area contributed by atoms with Gasteiger partial charge in [-0.3, -0.25) is 0 Å². The van der Waals surface area contributed by atoms with Crippen molar-refractivity contribution in [1.29, 1.82) is 0 Å². The van der Waals surface area contributed by atoms with E-state index in [0.717, 1.165) is 11.1 Å². The Labute approximate surface area is 123 Å². The molecule has 0 spiro atoms. The summed E-state index contributed by atoms with van der Waals surface area (Å²) < 4.78 is 18.8. The van der Waals surface area contributed by atoms with Crippen LogP contribution in [-0.2, 0) is 0 Å². The molecule has 0 bridgehead atoms. The van der Waals surface area contributed by atoms with Gasteiger partial charge < -0.3 is 10.1 Å². The van der Waals surface area contributed by atoms with Gasteiger partial charge in [-0.1, -0.05) is 29.8 Å². The summed E-state index contributed by atoms with van der Waals surface area (Å²) in [6, 6.07) is 10.5. The minimum absolute atomic E-state index is 0.0819. The van der Waals surface area contributed by atoms with Crippen LogP contribution in [0.5, 0.6) is 5.75 Å². The third-order valence-corrected chi connectivity index (χ3v) is 3.55. The molecule has 2 aromatic rings. The van der Waals surface area contributed by atoms with Crippen LogP contribution in [0, 0.1) is 12.7 Å². The van der Waals surface area contributed by atoms with Crippen LogP contribution in [0.4, 0.5) is 4.39 Å². The molecule has 2 aromatic carbocycles. The number of aryl methyl sites for hydroxylation is 1. The van der Waals surface area contributed by atoms with Crippen LogP contribution in [-0.4, -0.2) is 14.2 Å². The second-order valence-corrected chi connectivity index (χ2v) is 5.05. The second-order valence-electron chi connectivity index (χ2n) is 4.62. The summed E-state index contributed by atoms with van der Waals surface area (Å²) in [7, 11) is 3.47. The van der Waals surface area contributed by atoms with Gasteiger partial charge in [-0.05, 0) is 43.3 Å². The summed E-state index contributed by atoms with van der Waals surface area (Å²) in [4.78, 5) is 0. The van der Waals surface area contributed by atoms with Crippen molar-refractivity contribution in [1.82, 2.24) is 5.32 Å². The third-order valence-electron chi connectivity index (χ3n) is 3.31. The van der Waals surface area contributed by atoms with E-state index in [1.54, 1.807) is 26.2 Å². The Balaban J connectivity index is 2.49. The number of rotatable bonds is 4. The van der Waals surface area contributed by atoms with E-state index in [9.17, 15) is 4.39 Å². The molecular weight excluding hydrogens is 277 g/mol. The van der Waals surface area contributed by atoms with Crippen LogP contribution in [0.1, 0.15) is 22.7 Å². The van der Waals surface area contributed by atoms with Crippen molar-refractivity contribution < 1.29 is 9.13 Å². The quantitative estimate of drug-likeness (QED) is 0.916. The highest BCUT2D eigenvalue weighted by atomic mass is 35.5. The first-order chi connectivity index (χ1) is 9.56. The minimum Gasteiger partial charge on any atom is -0.496 e. The summed E-state index contributed by atoms with van der Waals surface area (Å²) in [5, 5.41) is 3.85. The SMILES string of the molecule is CNC(c1ccc(F)c(C)c1)c1ccc(Cl)cc1OC. The molecule has 0 aromatic heterocycles. The lowest BCUT2D eigenvalue weighted by atomic mass is 9.96. The van der Waals surface area contributed by atoms with Crippen molar-refractivity contribution >= 4 is 11.6 Å². The molecule has 1 atom stereocenters. The zero-order valence-electron chi connectivity index (χ0n) is 11.7. The van der Waals surface area contributed by atoms with Gasteiger partial charge in [0.2, 0.25) is 0 Å². The fourth-order valence-corrected chi connectivity index (χ4v) is 2.43. The van der Waals surface area contributed by atoms with Gasteiger partial charge >= 0.3 is 0 Å². The maximum Gasteiger partial charge on any atom is 0.126 e. The molecule has 106 valence electrons.